The quantitative estimate of drug-likeness (QED) is 0.763. The van der Waals surface area contributed by atoms with Crippen LogP contribution in [0.3, 0.4) is 0 Å². The summed E-state index contributed by atoms with van der Waals surface area (Å²) in [5.74, 6) is 0.748. The van der Waals surface area contributed by atoms with Gasteiger partial charge in [0, 0.05) is 0 Å². The van der Waals surface area contributed by atoms with E-state index in [1.165, 1.54) is 6.07 Å². The maximum Gasteiger partial charge on any atom is 0.184 e. The average molecular weight is 259 g/mol. The van der Waals surface area contributed by atoms with Crippen LogP contribution in [0.2, 0.25) is 0 Å². The van der Waals surface area contributed by atoms with Gasteiger partial charge in [0.2, 0.25) is 0 Å². The second-order valence-corrected chi connectivity index (χ2v) is 4.92. The van der Waals surface area contributed by atoms with Crippen molar-refractivity contribution in [3.05, 3.63) is 47.1 Å². The average Bonchev–Trinajstić information content (AvgIpc) is 3.00. The molecule has 0 aliphatic rings. The highest BCUT2D eigenvalue weighted by molar-refractivity contribution is 7.13. The molecule has 0 atom stereocenters. The molecule has 0 unspecified atom stereocenters. The van der Waals surface area contributed by atoms with Crippen molar-refractivity contribution in [3.63, 3.8) is 0 Å². The van der Waals surface area contributed by atoms with E-state index in [1.54, 1.807) is 23.5 Å². The number of halogens is 1. The van der Waals surface area contributed by atoms with Gasteiger partial charge in [-0.05, 0) is 30.5 Å². The van der Waals surface area contributed by atoms with Crippen molar-refractivity contribution in [2.45, 2.75) is 6.92 Å². The summed E-state index contributed by atoms with van der Waals surface area (Å²) in [5.41, 5.74) is 1.41. The van der Waals surface area contributed by atoms with Crippen molar-refractivity contribution in [3.8, 4) is 22.1 Å². The molecular formula is C13H10FN3S. The molecule has 2 aromatic heterocycles. The van der Waals surface area contributed by atoms with Gasteiger partial charge in [0.05, 0.1) is 10.4 Å². The van der Waals surface area contributed by atoms with Crippen LogP contribution in [0.5, 0.6) is 0 Å². The molecule has 0 bridgehead atoms. The summed E-state index contributed by atoms with van der Waals surface area (Å²) in [6.45, 7) is 1.91. The first-order chi connectivity index (χ1) is 8.74. The Labute approximate surface area is 107 Å². The van der Waals surface area contributed by atoms with E-state index in [-0.39, 0.29) is 5.82 Å². The summed E-state index contributed by atoms with van der Waals surface area (Å²) in [6.07, 6.45) is 0. The Morgan fingerprint density at radius 2 is 2.17 bits per heavy atom. The molecule has 1 N–H and O–H groups in total. The zero-order valence-electron chi connectivity index (χ0n) is 9.64. The largest absolute Gasteiger partial charge is 0.258 e. The van der Waals surface area contributed by atoms with E-state index in [1.807, 2.05) is 24.4 Å². The monoisotopic (exact) mass is 259 g/mol. The maximum atomic E-state index is 13.7. The highest BCUT2D eigenvalue weighted by Gasteiger charge is 2.12. The maximum absolute atomic E-state index is 13.7. The summed E-state index contributed by atoms with van der Waals surface area (Å²) in [6, 6.07) is 8.80. The van der Waals surface area contributed by atoms with E-state index in [4.69, 9.17) is 0 Å². The molecule has 0 saturated heterocycles. The van der Waals surface area contributed by atoms with Crippen LogP contribution in [-0.4, -0.2) is 15.2 Å². The van der Waals surface area contributed by atoms with Crippen LogP contribution in [0.25, 0.3) is 22.1 Å². The van der Waals surface area contributed by atoms with Crippen molar-refractivity contribution in [2.24, 2.45) is 0 Å². The molecule has 0 spiro atoms. The van der Waals surface area contributed by atoms with E-state index in [0.717, 1.165) is 10.4 Å². The molecule has 0 aliphatic carbocycles. The number of rotatable bonds is 2. The van der Waals surface area contributed by atoms with Gasteiger partial charge in [-0.3, -0.25) is 5.10 Å². The molecule has 3 aromatic rings. The Bertz CT molecular complexity index is 673. The van der Waals surface area contributed by atoms with Crippen molar-refractivity contribution < 1.29 is 4.39 Å². The number of nitrogens with one attached hydrogen (secondary N) is 1. The SMILES string of the molecule is Cc1ccc(F)c(-c2n[nH]c(-c3cccs3)n2)c1. The Kier molecular flexibility index (Phi) is 2.68. The van der Waals surface area contributed by atoms with E-state index in [9.17, 15) is 4.39 Å². The van der Waals surface area contributed by atoms with Gasteiger partial charge in [0.1, 0.15) is 5.82 Å². The molecule has 0 aliphatic heterocycles. The lowest BCUT2D eigenvalue weighted by atomic mass is 10.1. The van der Waals surface area contributed by atoms with E-state index in [2.05, 4.69) is 15.2 Å². The van der Waals surface area contributed by atoms with Crippen LogP contribution in [0, 0.1) is 12.7 Å². The van der Waals surface area contributed by atoms with Crippen LogP contribution in [0.1, 0.15) is 5.56 Å². The lowest BCUT2D eigenvalue weighted by Gasteiger charge is -1.99. The number of thiophene rings is 1. The number of aromatic nitrogens is 3. The summed E-state index contributed by atoms with van der Waals surface area (Å²) >= 11 is 1.56. The molecule has 18 heavy (non-hydrogen) atoms. The molecule has 0 saturated carbocycles. The number of H-pyrrole nitrogens is 1. The van der Waals surface area contributed by atoms with E-state index in [0.29, 0.717) is 17.2 Å². The molecule has 5 heteroatoms. The first-order valence-electron chi connectivity index (χ1n) is 5.47. The lowest BCUT2D eigenvalue weighted by Crippen LogP contribution is -1.87. The normalized spacial score (nSPS) is 10.8. The first kappa shape index (κ1) is 11.1. The molecule has 0 radical (unpaired) electrons. The van der Waals surface area contributed by atoms with Crippen molar-refractivity contribution in [1.29, 1.82) is 0 Å². The molecule has 90 valence electrons. The van der Waals surface area contributed by atoms with Crippen molar-refractivity contribution >= 4 is 11.3 Å². The minimum absolute atomic E-state index is 0.308. The van der Waals surface area contributed by atoms with Gasteiger partial charge in [-0.1, -0.05) is 17.7 Å². The Morgan fingerprint density at radius 1 is 1.28 bits per heavy atom. The Balaban J connectivity index is 2.05. The molecule has 3 rings (SSSR count). The van der Waals surface area contributed by atoms with Crippen LogP contribution < -0.4 is 0 Å². The lowest BCUT2D eigenvalue weighted by molar-refractivity contribution is 0.629. The van der Waals surface area contributed by atoms with Gasteiger partial charge in [-0.15, -0.1) is 11.3 Å². The third kappa shape index (κ3) is 1.93. The van der Waals surface area contributed by atoms with Crippen molar-refractivity contribution in [2.75, 3.05) is 0 Å². The fourth-order valence-corrected chi connectivity index (χ4v) is 2.38. The zero-order valence-corrected chi connectivity index (χ0v) is 10.5. The smallest absolute Gasteiger partial charge is 0.184 e. The predicted octanol–water partition coefficient (Wildman–Crippen LogP) is 3.65. The minimum atomic E-state index is -0.308. The van der Waals surface area contributed by atoms with E-state index >= 15 is 0 Å². The van der Waals surface area contributed by atoms with Gasteiger partial charge < -0.3 is 0 Å². The fraction of sp³-hybridized carbons (Fsp3) is 0.0769. The predicted molar refractivity (Wildman–Crippen MR) is 69.8 cm³/mol. The molecule has 2 heterocycles. The van der Waals surface area contributed by atoms with Gasteiger partial charge >= 0.3 is 0 Å². The highest BCUT2D eigenvalue weighted by Crippen LogP contribution is 2.25. The minimum Gasteiger partial charge on any atom is -0.258 e. The van der Waals surface area contributed by atoms with Crippen LogP contribution in [0.15, 0.2) is 35.7 Å². The second-order valence-electron chi connectivity index (χ2n) is 3.97. The highest BCUT2D eigenvalue weighted by atomic mass is 32.1. The van der Waals surface area contributed by atoms with Crippen molar-refractivity contribution in [1.82, 2.24) is 15.2 Å². The number of benzene rings is 1. The summed E-state index contributed by atoms with van der Waals surface area (Å²) < 4.78 is 13.7. The van der Waals surface area contributed by atoms with Crippen LogP contribution in [0.4, 0.5) is 4.39 Å². The number of hydrogen-bond acceptors (Lipinski definition) is 3. The third-order valence-corrected chi connectivity index (χ3v) is 3.48. The van der Waals surface area contributed by atoms with Gasteiger partial charge in [-0.2, -0.15) is 5.10 Å². The number of hydrogen-bond donors (Lipinski definition) is 1. The molecule has 0 fully saturated rings. The van der Waals surface area contributed by atoms with Gasteiger partial charge in [-0.25, -0.2) is 9.37 Å². The summed E-state index contributed by atoms with van der Waals surface area (Å²) in [4.78, 5) is 5.32. The topological polar surface area (TPSA) is 41.6 Å². The summed E-state index contributed by atoms with van der Waals surface area (Å²) in [5, 5.41) is 8.87. The van der Waals surface area contributed by atoms with Gasteiger partial charge in [0.15, 0.2) is 11.6 Å². The van der Waals surface area contributed by atoms with E-state index < -0.39 is 0 Å². The zero-order chi connectivity index (χ0) is 12.5. The van der Waals surface area contributed by atoms with Crippen LogP contribution >= 0.6 is 11.3 Å². The molecule has 0 amide bonds. The number of aromatic amines is 1. The standard InChI is InChI=1S/C13H10FN3S/c1-8-4-5-10(14)9(7-8)12-15-13(17-16-12)11-3-2-6-18-11/h2-7H,1H3,(H,15,16,17). The molecular weight excluding hydrogens is 249 g/mol. The fourth-order valence-electron chi connectivity index (χ4n) is 1.72. The third-order valence-electron chi connectivity index (χ3n) is 2.60. The van der Waals surface area contributed by atoms with Crippen LogP contribution in [-0.2, 0) is 0 Å². The molecule has 1 aromatic carbocycles. The second kappa shape index (κ2) is 4.34. The van der Waals surface area contributed by atoms with Gasteiger partial charge in [0.25, 0.3) is 0 Å². The molecule has 3 nitrogen and oxygen atoms in total. The summed E-state index contributed by atoms with van der Waals surface area (Å²) in [7, 11) is 0. The first-order valence-corrected chi connectivity index (χ1v) is 6.35. The number of nitrogens with zero attached hydrogens (tertiary/aromatic N) is 2. The Morgan fingerprint density at radius 3 is 2.94 bits per heavy atom. The number of aryl methyl sites for hydroxylation is 1. The Hall–Kier alpha value is -2.01.